The van der Waals surface area contributed by atoms with Crippen LogP contribution in [-0.2, 0) is 6.54 Å². The van der Waals surface area contributed by atoms with Crippen molar-refractivity contribution in [1.82, 2.24) is 15.1 Å². The smallest absolute Gasteiger partial charge is 0.0644 e. The Labute approximate surface area is 128 Å². The van der Waals surface area contributed by atoms with Gasteiger partial charge in [-0.3, -0.25) is 4.68 Å². The predicted molar refractivity (Wildman–Crippen MR) is 90.6 cm³/mol. The van der Waals surface area contributed by atoms with Gasteiger partial charge >= 0.3 is 0 Å². The van der Waals surface area contributed by atoms with Gasteiger partial charge in [0.2, 0.25) is 0 Å². The molecular weight excluding hydrogens is 266 g/mol. The van der Waals surface area contributed by atoms with E-state index in [0.717, 1.165) is 13.1 Å². The van der Waals surface area contributed by atoms with Crippen LogP contribution in [0, 0.1) is 13.8 Å². The fraction of sp³-hybridized carbons (Fsp3) is 0.812. The average Bonchev–Trinajstić information content (AvgIpc) is 2.72. The molecule has 1 N–H and O–H groups in total. The molecule has 3 nitrogen and oxygen atoms in total. The second kappa shape index (κ2) is 9.46. The molecule has 1 aromatic rings. The molecule has 0 amide bonds. The highest BCUT2D eigenvalue weighted by molar-refractivity contribution is 7.98. The maximum absolute atomic E-state index is 4.60. The van der Waals surface area contributed by atoms with Crippen molar-refractivity contribution < 1.29 is 0 Å². The molecule has 1 unspecified atom stereocenters. The fourth-order valence-electron chi connectivity index (χ4n) is 2.79. The molecule has 0 spiro atoms. The van der Waals surface area contributed by atoms with Gasteiger partial charge in [0.25, 0.3) is 0 Å². The van der Waals surface area contributed by atoms with Gasteiger partial charge in [0.1, 0.15) is 0 Å². The van der Waals surface area contributed by atoms with E-state index in [1.807, 2.05) is 11.8 Å². The molecule has 0 aromatic carbocycles. The van der Waals surface area contributed by atoms with E-state index < -0.39 is 0 Å². The third kappa shape index (κ3) is 5.13. The number of nitrogens with one attached hydrogen (secondary N) is 1. The maximum atomic E-state index is 4.60. The topological polar surface area (TPSA) is 29.9 Å². The molecule has 1 heterocycles. The fourth-order valence-corrected chi connectivity index (χ4v) is 3.28. The Bertz CT molecular complexity index is 387. The molecule has 0 radical (unpaired) electrons. The Morgan fingerprint density at radius 2 is 1.90 bits per heavy atom. The van der Waals surface area contributed by atoms with Crippen LogP contribution in [0.3, 0.4) is 0 Å². The van der Waals surface area contributed by atoms with Crippen molar-refractivity contribution in [2.75, 3.05) is 18.6 Å². The lowest BCUT2D eigenvalue weighted by Gasteiger charge is -2.15. The van der Waals surface area contributed by atoms with E-state index in [4.69, 9.17) is 0 Å². The number of nitrogens with zero attached hydrogens (tertiary/aromatic N) is 2. The minimum absolute atomic E-state index is 0.404. The molecule has 0 saturated carbocycles. The monoisotopic (exact) mass is 297 g/mol. The van der Waals surface area contributed by atoms with Gasteiger partial charge in [-0.15, -0.1) is 0 Å². The van der Waals surface area contributed by atoms with Crippen molar-refractivity contribution in [2.24, 2.45) is 0 Å². The molecule has 20 heavy (non-hydrogen) atoms. The van der Waals surface area contributed by atoms with E-state index in [0.29, 0.717) is 6.04 Å². The van der Waals surface area contributed by atoms with Crippen LogP contribution in [0.4, 0.5) is 0 Å². The van der Waals surface area contributed by atoms with Gasteiger partial charge in [-0.2, -0.15) is 16.9 Å². The Hall–Kier alpha value is -0.480. The summed E-state index contributed by atoms with van der Waals surface area (Å²) in [4.78, 5) is 0. The van der Waals surface area contributed by atoms with Gasteiger partial charge in [0.15, 0.2) is 0 Å². The summed E-state index contributed by atoms with van der Waals surface area (Å²) in [6, 6.07) is 0.404. The number of thioether (sulfide) groups is 1. The molecule has 1 atom stereocenters. The quantitative estimate of drug-likeness (QED) is 0.660. The number of hydrogen-bond acceptors (Lipinski definition) is 3. The standard InChI is InChI=1S/C16H31N3S/c1-6-19-15(4)16(14(3)18-19)13(2)17-11-9-7-8-10-12-20-5/h13,17H,6-12H2,1-5H3. The first-order valence-electron chi connectivity index (χ1n) is 7.88. The van der Waals surface area contributed by atoms with Crippen LogP contribution >= 0.6 is 11.8 Å². The molecule has 4 heteroatoms. The molecule has 0 aliphatic rings. The largest absolute Gasteiger partial charge is 0.310 e. The van der Waals surface area contributed by atoms with E-state index >= 15 is 0 Å². The van der Waals surface area contributed by atoms with Crippen LogP contribution in [0.5, 0.6) is 0 Å². The first-order valence-corrected chi connectivity index (χ1v) is 9.27. The molecule has 0 aliphatic heterocycles. The predicted octanol–water partition coefficient (Wildman–Crippen LogP) is 4.09. The molecular formula is C16H31N3S. The van der Waals surface area contributed by atoms with Gasteiger partial charge < -0.3 is 5.32 Å². The van der Waals surface area contributed by atoms with Crippen LogP contribution < -0.4 is 5.32 Å². The van der Waals surface area contributed by atoms with E-state index in [9.17, 15) is 0 Å². The SMILES string of the molecule is CCn1nc(C)c(C(C)NCCCCCCSC)c1C. The lowest BCUT2D eigenvalue weighted by atomic mass is 10.1. The van der Waals surface area contributed by atoms with E-state index in [1.165, 1.54) is 48.4 Å². The Balaban J connectivity index is 2.32. The van der Waals surface area contributed by atoms with Gasteiger partial charge in [-0.1, -0.05) is 12.8 Å². The molecule has 1 aromatic heterocycles. The number of aryl methyl sites for hydroxylation is 2. The van der Waals surface area contributed by atoms with Crippen molar-refractivity contribution in [3.05, 3.63) is 17.0 Å². The first kappa shape index (κ1) is 17.6. The summed E-state index contributed by atoms with van der Waals surface area (Å²) >= 11 is 1.95. The number of rotatable bonds is 10. The zero-order valence-corrected chi connectivity index (χ0v) is 14.6. The third-order valence-electron chi connectivity index (χ3n) is 3.90. The number of aromatic nitrogens is 2. The first-order chi connectivity index (χ1) is 9.61. The van der Waals surface area contributed by atoms with E-state index in [1.54, 1.807) is 0 Å². The average molecular weight is 298 g/mol. The highest BCUT2D eigenvalue weighted by Crippen LogP contribution is 2.21. The van der Waals surface area contributed by atoms with Crippen molar-refractivity contribution >= 4 is 11.8 Å². The van der Waals surface area contributed by atoms with Gasteiger partial charge in [-0.25, -0.2) is 0 Å². The maximum Gasteiger partial charge on any atom is 0.0644 e. The third-order valence-corrected chi connectivity index (χ3v) is 4.59. The Kier molecular flexibility index (Phi) is 8.31. The highest BCUT2D eigenvalue weighted by atomic mass is 32.2. The molecule has 1 rings (SSSR count). The second-order valence-electron chi connectivity index (χ2n) is 5.48. The molecule has 0 aliphatic carbocycles. The summed E-state index contributed by atoms with van der Waals surface area (Å²) in [5.74, 6) is 1.30. The van der Waals surface area contributed by atoms with Crippen molar-refractivity contribution in [1.29, 1.82) is 0 Å². The Morgan fingerprint density at radius 3 is 2.50 bits per heavy atom. The van der Waals surface area contributed by atoms with Crippen LogP contribution in [0.2, 0.25) is 0 Å². The van der Waals surface area contributed by atoms with Crippen LogP contribution in [0.15, 0.2) is 0 Å². The minimum atomic E-state index is 0.404. The van der Waals surface area contributed by atoms with Crippen molar-refractivity contribution in [2.45, 2.75) is 66.0 Å². The normalized spacial score (nSPS) is 12.8. The van der Waals surface area contributed by atoms with Crippen LogP contribution in [0.25, 0.3) is 0 Å². The molecule has 116 valence electrons. The lowest BCUT2D eigenvalue weighted by Crippen LogP contribution is -2.21. The van der Waals surface area contributed by atoms with E-state index in [-0.39, 0.29) is 0 Å². The molecule has 0 fully saturated rings. The number of unbranched alkanes of at least 4 members (excludes halogenated alkanes) is 3. The molecule has 0 saturated heterocycles. The summed E-state index contributed by atoms with van der Waals surface area (Å²) in [5, 5.41) is 8.25. The summed E-state index contributed by atoms with van der Waals surface area (Å²) in [5.41, 5.74) is 3.86. The number of hydrogen-bond donors (Lipinski definition) is 1. The van der Waals surface area contributed by atoms with E-state index in [2.05, 4.69) is 49.0 Å². The van der Waals surface area contributed by atoms with Crippen molar-refractivity contribution in [3.63, 3.8) is 0 Å². The van der Waals surface area contributed by atoms with Gasteiger partial charge in [0, 0.05) is 23.8 Å². The van der Waals surface area contributed by atoms with Crippen molar-refractivity contribution in [3.8, 4) is 0 Å². The zero-order chi connectivity index (χ0) is 15.0. The zero-order valence-electron chi connectivity index (χ0n) is 13.8. The summed E-state index contributed by atoms with van der Waals surface area (Å²) in [6.45, 7) is 10.8. The molecule has 0 bridgehead atoms. The summed E-state index contributed by atoms with van der Waals surface area (Å²) in [7, 11) is 0. The summed E-state index contributed by atoms with van der Waals surface area (Å²) in [6.07, 6.45) is 7.52. The highest BCUT2D eigenvalue weighted by Gasteiger charge is 2.16. The van der Waals surface area contributed by atoms with Crippen LogP contribution in [0.1, 0.15) is 62.5 Å². The minimum Gasteiger partial charge on any atom is -0.310 e. The van der Waals surface area contributed by atoms with Gasteiger partial charge in [-0.05, 0) is 59.1 Å². The van der Waals surface area contributed by atoms with Crippen LogP contribution in [-0.4, -0.2) is 28.3 Å². The Morgan fingerprint density at radius 1 is 1.20 bits per heavy atom. The second-order valence-corrected chi connectivity index (χ2v) is 6.47. The summed E-state index contributed by atoms with van der Waals surface area (Å²) < 4.78 is 2.10. The lowest BCUT2D eigenvalue weighted by molar-refractivity contribution is 0.532. The van der Waals surface area contributed by atoms with Gasteiger partial charge in [0.05, 0.1) is 5.69 Å².